The van der Waals surface area contributed by atoms with Gasteiger partial charge < -0.3 is 18.9 Å². The van der Waals surface area contributed by atoms with E-state index in [9.17, 15) is 9.59 Å². The number of fused-ring (bicyclic) bond motifs is 2. The summed E-state index contributed by atoms with van der Waals surface area (Å²) in [6.45, 7) is 0.615. The number of methoxy groups -OCH3 is 2. The maximum absolute atomic E-state index is 11.9. The lowest BCUT2D eigenvalue weighted by Crippen LogP contribution is -2.39. The average Bonchev–Trinajstić information content (AvgIpc) is 3.18. The van der Waals surface area contributed by atoms with Crippen LogP contribution in [-0.2, 0) is 18.9 Å². The number of carbonyl (C=O) groups is 2. The smallest absolute Gasteiger partial charge is 0.337 e. The van der Waals surface area contributed by atoms with E-state index in [1.807, 2.05) is 36.4 Å². The summed E-state index contributed by atoms with van der Waals surface area (Å²) in [6, 6.07) is 15.2. The Labute approximate surface area is 206 Å². The molecule has 1 saturated carbocycles. The van der Waals surface area contributed by atoms with Crippen molar-refractivity contribution in [3.8, 4) is 0 Å². The van der Waals surface area contributed by atoms with Crippen LogP contribution in [0.4, 0.5) is 0 Å². The molecule has 0 spiro atoms. The summed E-state index contributed by atoms with van der Waals surface area (Å²) >= 11 is 0. The zero-order valence-corrected chi connectivity index (χ0v) is 20.3. The number of esters is 2. The van der Waals surface area contributed by atoms with Crippen molar-refractivity contribution in [1.82, 2.24) is 0 Å². The lowest BCUT2D eigenvalue weighted by molar-refractivity contribution is -0.0916. The summed E-state index contributed by atoms with van der Waals surface area (Å²) < 4.78 is 22.9. The minimum Gasteiger partial charge on any atom is -0.465 e. The van der Waals surface area contributed by atoms with Crippen molar-refractivity contribution in [3.05, 3.63) is 81.9 Å². The van der Waals surface area contributed by atoms with Gasteiger partial charge in [0.2, 0.25) is 0 Å². The fourth-order valence-electron chi connectivity index (χ4n) is 5.83. The molecule has 4 atom stereocenters. The normalized spacial score (nSPS) is 26.2. The molecule has 0 radical (unpaired) electrons. The first-order chi connectivity index (χ1) is 17.1. The predicted octanol–water partition coefficient (Wildman–Crippen LogP) is 5.74. The Kier molecular flexibility index (Phi) is 7.02. The highest BCUT2D eigenvalue weighted by molar-refractivity contribution is 5.89. The van der Waals surface area contributed by atoms with Crippen LogP contribution in [0.2, 0.25) is 0 Å². The summed E-state index contributed by atoms with van der Waals surface area (Å²) in [5, 5.41) is 0. The van der Waals surface area contributed by atoms with E-state index in [1.54, 1.807) is 12.1 Å². The molecule has 2 heterocycles. The maximum atomic E-state index is 11.9. The number of rotatable bonds is 4. The van der Waals surface area contributed by atoms with E-state index in [0.717, 1.165) is 30.4 Å². The Balaban J connectivity index is 1.51. The minimum absolute atomic E-state index is 0.0105. The first kappa shape index (κ1) is 23.8. The van der Waals surface area contributed by atoms with Crippen molar-refractivity contribution in [2.24, 2.45) is 5.92 Å². The molecule has 35 heavy (non-hydrogen) atoms. The van der Waals surface area contributed by atoms with Gasteiger partial charge in [-0.05, 0) is 60.2 Å². The molecule has 1 aliphatic carbocycles. The first-order valence-corrected chi connectivity index (χ1v) is 12.5. The lowest BCUT2D eigenvalue weighted by atomic mass is 9.75. The van der Waals surface area contributed by atoms with Gasteiger partial charge in [0.25, 0.3) is 0 Å². The van der Waals surface area contributed by atoms with Crippen LogP contribution in [0.1, 0.15) is 82.6 Å². The van der Waals surface area contributed by atoms with Gasteiger partial charge in [-0.2, -0.15) is 0 Å². The van der Waals surface area contributed by atoms with Crippen molar-refractivity contribution >= 4 is 11.9 Å². The highest BCUT2D eigenvalue weighted by Crippen LogP contribution is 2.51. The van der Waals surface area contributed by atoms with Crippen molar-refractivity contribution in [2.75, 3.05) is 20.8 Å². The van der Waals surface area contributed by atoms with Gasteiger partial charge in [-0.3, -0.25) is 0 Å². The first-order valence-electron chi connectivity index (χ1n) is 12.5. The summed E-state index contributed by atoms with van der Waals surface area (Å²) in [5.41, 5.74) is 5.97. The molecule has 2 fully saturated rings. The van der Waals surface area contributed by atoms with Gasteiger partial charge in [0.05, 0.1) is 44.2 Å². The number of hydrogen-bond acceptors (Lipinski definition) is 6. The lowest BCUT2D eigenvalue weighted by Gasteiger charge is -2.45. The highest BCUT2D eigenvalue weighted by Gasteiger charge is 2.43. The third kappa shape index (κ3) is 4.65. The Morgan fingerprint density at radius 1 is 0.800 bits per heavy atom. The highest BCUT2D eigenvalue weighted by atomic mass is 16.5. The molecular formula is C29H32O6. The van der Waals surface area contributed by atoms with Crippen molar-refractivity contribution < 1.29 is 28.5 Å². The molecule has 0 amide bonds. The summed E-state index contributed by atoms with van der Waals surface area (Å²) in [6.07, 6.45) is 6.28. The third-order valence-corrected chi connectivity index (χ3v) is 7.54. The summed E-state index contributed by atoms with van der Waals surface area (Å²) in [4.78, 5) is 23.8. The Morgan fingerprint density at radius 2 is 1.43 bits per heavy atom. The van der Waals surface area contributed by atoms with Crippen LogP contribution in [0.3, 0.4) is 0 Å². The molecule has 1 saturated heterocycles. The van der Waals surface area contributed by atoms with Crippen molar-refractivity contribution in [3.63, 3.8) is 0 Å². The van der Waals surface area contributed by atoms with E-state index in [-0.39, 0.29) is 36.2 Å². The van der Waals surface area contributed by atoms with E-state index < -0.39 is 0 Å². The van der Waals surface area contributed by atoms with Gasteiger partial charge in [0.1, 0.15) is 6.10 Å². The van der Waals surface area contributed by atoms with E-state index >= 15 is 0 Å². The van der Waals surface area contributed by atoms with Crippen LogP contribution in [-0.4, -0.2) is 38.9 Å². The van der Waals surface area contributed by atoms with E-state index in [0.29, 0.717) is 17.7 Å². The number of carbonyl (C=O) groups excluding carboxylic acids is 2. The molecular weight excluding hydrogens is 444 g/mol. The zero-order chi connectivity index (χ0) is 24.4. The molecule has 2 aromatic carbocycles. The van der Waals surface area contributed by atoms with Crippen LogP contribution in [0.5, 0.6) is 0 Å². The fraction of sp³-hybridized carbons (Fsp3) is 0.448. The number of ether oxygens (including phenoxy) is 4. The Hall–Kier alpha value is -2.96. The van der Waals surface area contributed by atoms with Crippen LogP contribution >= 0.6 is 0 Å². The van der Waals surface area contributed by atoms with Crippen molar-refractivity contribution in [2.45, 2.75) is 56.8 Å². The molecule has 0 bridgehead atoms. The molecule has 6 heteroatoms. The van der Waals surface area contributed by atoms with Crippen molar-refractivity contribution in [1.29, 1.82) is 0 Å². The van der Waals surface area contributed by atoms with E-state index in [2.05, 4.69) is 0 Å². The average molecular weight is 477 g/mol. The molecule has 5 rings (SSSR count). The third-order valence-electron chi connectivity index (χ3n) is 7.54. The second kappa shape index (κ2) is 10.3. The van der Waals surface area contributed by atoms with Crippen LogP contribution in [0, 0.1) is 5.92 Å². The molecule has 184 valence electrons. The molecule has 6 nitrogen and oxygen atoms in total. The van der Waals surface area contributed by atoms with Gasteiger partial charge in [-0.15, -0.1) is 0 Å². The minimum atomic E-state index is -0.341. The van der Waals surface area contributed by atoms with Crippen LogP contribution < -0.4 is 0 Å². The molecule has 0 N–H and O–H groups in total. The quantitative estimate of drug-likeness (QED) is 0.414. The van der Waals surface area contributed by atoms with Gasteiger partial charge in [0, 0.05) is 12.3 Å². The van der Waals surface area contributed by atoms with Crippen LogP contribution in [0.15, 0.2) is 59.7 Å². The van der Waals surface area contributed by atoms with E-state index in [1.165, 1.54) is 44.6 Å². The fourth-order valence-corrected chi connectivity index (χ4v) is 5.83. The number of hydrogen-bond donors (Lipinski definition) is 0. The standard InChI is InChI=1S/C29H32O6/c1-32-28(30)20-12-8-18(9-13-20)26-23-7-5-3-4-6-22(23)25-24(35-26)16-17-34-27(25)19-10-14-21(15-11-19)29(31)33-2/h8-15,23-24,26-27H,3-7,16-17H2,1-2H3/t23-,24+,26-,27-/m1/s1. The Morgan fingerprint density at radius 3 is 2.06 bits per heavy atom. The summed E-state index contributed by atoms with van der Waals surface area (Å²) in [7, 11) is 2.79. The molecule has 3 aliphatic rings. The topological polar surface area (TPSA) is 71.1 Å². The Bertz CT molecular complexity index is 1100. The summed E-state index contributed by atoms with van der Waals surface area (Å²) in [5.74, 6) is -0.387. The van der Waals surface area contributed by atoms with Gasteiger partial charge >= 0.3 is 11.9 Å². The largest absolute Gasteiger partial charge is 0.465 e. The number of benzene rings is 2. The molecule has 2 aromatic rings. The molecule has 0 aromatic heterocycles. The van der Waals surface area contributed by atoms with E-state index in [4.69, 9.17) is 18.9 Å². The zero-order valence-electron chi connectivity index (χ0n) is 20.3. The second-order valence-corrected chi connectivity index (χ2v) is 9.50. The predicted molar refractivity (Wildman–Crippen MR) is 130 cm³/mol. The van der Waals surface area contributed by atoms with Gasteiger partial charge in [-0.25, -0.2) is 9.59 Å². The SMILES string of the molecule is COC(=O)c1ccc([C@H]2O[C@H]3CCO[C@H](c4ccc(C(=O)OC)cc4)C3=C3CCCCC[C@H]32)cc1. The van der Waals surface area contributed by atoms with Gasteiger partial charge in [-0.1, -0.05) is 42.7 Å². The van der Waals surface area contributed by atoms with Crippen LogP contribution in [0.25, 0.3) is 0 Å². The van der Waals surface area contributed by atoms with Gasteiger partial charge in [0.15, 0.2) is 0 Å². The molecule has 2 aliphatic heterocycles. The molecule has 0 unspecified atom stereocenters. The monoisotopic (exact) mass is 476 g/mol. The maximum Gasteiger partial charge on any atom is 0.337 e. The second-order valence-electron chi connectivity index (χ2n) is 9.50.